The minimum Gasteiger partial charge on any atom is -0.367 e. The molecular weight excluding hydrogens is 204 g/mol. The van der Waals surface area contributed by atoms with Crippen LogP contribution in [0.2, 0.25) is 4.34 Å². The van der Waals surface area contributed by atoms with E-state index in [1.165, 1.54) is 0 Å². The number of hydrogen-bond donors (Lipinski definition) is 2. The van der Waals surface area contributed by atoms with Crippen molar-refractivity contribution in [2.24, 2.45) is 5.73 Å². The highest BCUT2D eigenvalue weighted by Crippen LogP contribution is 2.32. The summed E-state index contributed by atoms with van der Waals surface area (Å²) in [6.45, 7) is 0.550. The van der Waals surface area contributed by atoms with E-state index in [4.69, 9.17) is 17.3 Å². The summed E-state index contributed by atoms with van der Waals surface area (Å²) in [5.41, 5.74) is 7.87. The Kier molecular flexibility index (Phi) is 2.40. The number of thiophene rings is 1. The summed E-state index contributed by atoms with van der Waals surface area (Å²) in [4.78, 5) is 4.20. The van der Waals surface area contributed by atoms with Crippen LogP contribution >= 0.6 is 22.9 Å². The molecule has 0 aromatic carbocycles. The van der Waals surface area contributed by atoms with Crippen molar-refractivity contribution in [3.63, 3.8) is 0 Å². The molecule has 0 spiro atoms. The Morgan fingerprint density at radius 1 is 1.38 bits per heavy atom. The first kappa shape index (κ1) is 8.81. The summed E-state index contributed by atoms with van der Waals surface area (Å²) >= 11 is 7.41. The second-order valence-corrected chi connectivity index (χ2v) is 4.42. The van der Waals surface area contributed by atoms with Crippen molar-refractivity contribution < 1.29 is 0 Å². The number of rotatable bonds is 2. The number of aromatic amines is 1. The molecule has 0 bridgehead atoms. The number of H-pyrrole nitrogens is 1. The van der Waals surface area contributed by atoms with Crippen LogP contribution in [0.5, 0.6) is 0 Å². The Hall–Kier alpha value is -0.770. The van der Waals surface area contributed by atoms with Crippen LogP contribution < -0.4 is 5.73 Å². The SMILES string of the molecule is NCc1c[nH]cc1-c1ccc(Cl)s1. The summed E-state index contributed by atoms with van der Waals surface area (Å²) in [6, 6.07) is 3.91. The fourth-order valence-electron chi connectivity index (χ4n) is 1.25. The molecule has 0 unspecified atom stereocenters. The highest BCUT2D eigenvalue weighted by atomic mass is 35.5. The van der Waals surface area contributed by atoms with Gasteiger partial charge in [0.05, 0.1) is 4.34 Å². The molecule has 2 rings (SSSR count). The molecule has 0 atom stereocenters. The van der Waals surface area contributed by atoms with E-state index in [1.807, 2.05) is 24.5 Å². The van der Waals surface area contributed by atoms with Gasteiger partial charge in [0, 0.05) is 29.4 Å². The highest BCUT2D eigenvalue weighted by Gasteiger charge is 2.06. The maximum absolute atomic E-state index is 5.85. The van der Waals surface area contributed by atoms with Gasteiger partial charge in [0.1, 0.15) is 0 Å². The van der Waals surface area contributed by atoms with Crippen LogP contribution in [-0.2, 0) is 6.54 Å². The standard InChI is InChI=1S/C9H9ClN2S/c10-9-2-1-8(13-9)7-5-12-4-6(7)3-11/h1-2,4-5,12H,3,11H2. The summed E-state index contributed by atoms with van der Waals surface area (Å²) < 4.78 is 0.805. The molecule has 0 aliphatic heterocycles. The van der Waals surface area contributed by atoms with Crippen LogP contribution in [0.15, 0.2) is 24.5 Å². The molecule has 0 fully saturated rings. The summed E-state index contributed by atoms with van der Waals surface area (Å²) in [5, 5.41) is 0. The van der Waals surface area contributed by atoms with Crippen molar-refractivity contribution in [2.75, 3.05) is 0 Å². The fourth-order valence-corrected chi connectivity index (χ4v) is 2.35. The Bertz CT molecular complexity index is 405. The van der Waals surface area contributed by atoms with E-state index in [-0.39, 0.29) is 0 Å². The molecule has 68 valence electrons. The van der Waals surface area contributed by atoms with Crippen LogP contribution in [0.3, 0.4) is 0 Å². The molecule has 13 heavy (non-hydrogen) atoms. The normalized spacial score (nSPS) is 10.6. The van der Waals surface area contributed by atoms with Gasteiger partial charge in [-0.25, -0.2) is 0 Å². The van der Waals surface area contributed by atoms with Crippen LogP contribution in [0.25, 0.3) is 10.4 Å². The van der Waals surface area contributed by atoms with Gasteiger partial charge in [-0.2, -0.15) is 0 Å². The minimum atomic E-state index is 0.550. The van der Waals surface area contributed by atoms with Crippen molar-refractivity contribution in [3.8, 4) is 10.4 Å². The first-order valence-electron chi connectivity index (χ1n) is 3.92. The molecule has 2 aromatic heterocycles. The number of nitrogens with one attached hydrogen (secondary N) is 1. The van der Waals surface area contributed by atoms with Crippen molar-refractivity contribution in [1.82, 2.24) is 4.98 Å². The van der Waals surface area contributed by atoms with Crippen LogP contribution in [0.4, 0.5) is 0 Å². The monoisotopic (exact) mass is 212 g/mol. The quantitative estimate of drug-likeness (QED) is 0.790. The fraction of sp³-hybridized carbons (Fsp3) is 0.111. The van der Waals surface area contributed by atoms with E-state index < -0.39 is 0 Å². The van der Waals surface area contributed by atoms with Crippen LogP contribution in [0, 0.1) is 0 Å². The third kappa shape index (κ3) is 1.63. The number of aromatic nitrogens is 1. The van der Waals surface area contributed by atoms with Crippen molar-refractivity contribution >= 4 is 22.9 Å². The number of halogens is 1. The molecule has 3 N–H and O–H groups in total. The van der Waals surface area contributed by atoms with E-state index in [2.05, 4.69) is 4.98 Å². The van der Waals surface area contributed by atoms with Crippen molar-refractivity contribution in [3.05, 3.63) is 34.4 Å². The molecule has 0 saturated carbocycles. The van der Waals surface area contributed by atoms with Gasteiger partial charge in [-0.1, -0.05) is 11.6 Å². The van der Waals surface area contributed by atoms with Crippen LogP contribution in [-0.4, -0.2) is 4.98 Å². The van der Waals surface area contributed by atoms with Gasteiger partial charge in [0.2, 0.25) is 0 Å². The second-order valence-electron chi connectivity index (χ2n) is 2.70. The number of hydrogen-bond acceptors (Lipinski definition) is 2. The van der Waals surface area contributed by atoms with Gasteiger partial charge in [-0.05, 0) is 17.7 Å². The lowest BCUT2D eigenvalue weighted by molar-refractivity contribution is 1.08. The predicted octanol–water partition coefficient (Wildman–Crippen LogP) is 2.86. The Balaban J connectivity index is 2.45. The Morgan fingerprint density at radius 2 is 2.23 bits per heavy atom. The molecule has 0 saturated heterocycles. The molecular formula is C9H9ClN2S. The highest BCUT2D eigenvalue weighted by molar-refractivity contribution is 7.19. The summed E-state index contributed by atoms with van der Waals surface area (Å²) in [7, 11) is 0. The van der Waals surface area contributed by atoms with Crippen molar-refractivity contribution in [1.29, 1.82) is 0 Å². The zero-order valence-electron chi connectivity index (χ0n) is 6.88. The lowest BCUT2D eigenvalue weighted by Crippen LogP contribution is -1.95. The lowest BCUT2D eigenvalue weighted by atomic mass is 10.2. The third-order valence-electron chi connectivity index (χ3n) is 1.89. The van der Waals surface area contributed by atoms with Gasteiger partial charge in [-0.15, -0.1) is 11.3 Å². The van der Waals surface area contributed by atoms with E-state index >= 15 is 0 Å². The summed E-state index contributed by atoms with van der Waals surface area (Å²) in [5.74, 6) is 0. The largest absolute Gasteiger partial charge is 0.367 e. The van der Waals surface area contributed by atoms with Crippen molar-refractivity contribution in [2.45, 2.75) is 6.54 Å². The van der Waals surface area contributed by atoms with Crippen LogP contribution in [0.1, 0.15) is 5.56 Å². The Labute approximate surface area is 85.3 Å². The molecule has 0 amide bonds. The van der Waals surface area contributed by atoms with Gasteiger partial charge in [-0.3, -0.25) is 0 Å². The third-order valence-corrected chi connectivity index (χ3v) is 3.15. The first-order valence-corrected chi connectivity index (χ1v) is 5.12. The zero-order valence-corrected chi connectivity index (χ0v) is 8.45. The average molecular weight is 213 g/mol. The maximum Gasteiger partial charge on any atom is 0.0934 e. The molecule has 2 aromatic rings. The zero-order chi connectivity index (χ0) is 9.26. The molecule has 0 aliphatic rings. The van der Waals surface area contributed by atoms with Gasteiger partial charge in [0.25, 0.3) is 0 Å². The van der Waals surface area contributed by atoms with Gasteiger partial charge >= 0.3 is 0 Å². The van der Waals surface area contributed by atoms with E-state index in [0.717, 1.165) is 20.3 Å². The lowest BCUT2D eigenvalue weighted by Gasteiger charge is -1.95. The first-order chi connectivity index (χ1) is 6.31. The predicted molar refractivity (Wildman–Crippen MR) is 57.0 cm³/mol. The topological polar surface area (TPSA) is 41.8 Å². The average Bonchev–Trinajstić information content (AvgIpc) is 2.71. The number of nitrogens with two attached hydrogens (primary N) is 1. The van der Waals surface area contributed by atoms with Gasteiger partial charge in [0.15, 0.2) is 0 Å². The second kappa shape index (κ2) is 3.54. The van der Waals surface area contributed by atoms with E-state index in [9.17, 15) is 0 Å². The smallest absolute Gasteiger partial charge is 0.0934 e. The minimum absolute atomic E-state index is 0.550. The molecule has 2 heterocycles. The summed E-state index contributed by atoms with van der Waals surface area (Å²) in [6.07, 6.45) is 3.87. The molecule has 2 nitrogen and oxygen atoms in total. The maximum atomic E-state index is 5.85. The van der Waals surface area contributed by atoms with E-state index in [0.29, 0.717) is 6.54 Å². The molecule has 4 heteroatoms. The molecule has 0 aliphatic carbocycles. The van der Waals surface area contributed by atoms with E-state index in [1.54, 1.807) is 11.3 Å². The Morgan fingerprint density at radius 3 is 2.85 bits per heavy atom. The molecule has 0 radical (unpaired) electrons. The van der Waals surface area contributed by atoms with Gasteiger partial charge < -0.3 is 10.7 Å².